The first kappa shape index (κ1) is 23.6. The molecule has 1 aromatic heterocycles. The van der Waals surface area contributed by atoms with Gasteiger partial charge < -0.3 is 19.5 Å². The van der Waals surface area contributed by atoms with E-state index >= 15 is 0 Å². The molecule has 1 aromatic carbocycles. The van der Waals surface area contributed by atoms with Crippen molar-refractivity contribution in [2.45, 2.75) is 18.3 Å². The number of hydrogen-bond acceptors (Lipinski definition) is 8. The minimum atomic E-state index is -4.14. The van der Waals surface area contributed by atoms with Crippen LogP contribution in [-0.4, -0.2) is 50.9 Å². The molecule has 0 bridgehead atoms. The van der Waals surface area contributed by atoms with Gasteiger partial charge in [-0.3, -0.25) is 5.43 Å². The van der Waals surface area contributed by atoms with Gasteiger partial charge in [0.05, 0.1) is 19.2 Å². The molecule has 164 valence electrons. The predicted molar refractivity (Wildman–Crippen MR) is 113 cm³/mol. The van der Waals surface area contributed by atoms with Crippen LogP contribution in [0.25, 0.3) is 0 Å². The third-order valence-corrected chi connectivity index (χ3v) is 5.89. The van der Waals surface area contributed by atoms with Crippen molar-refractivity contribution in [1.82, 2.24) is 15.4 Å². The van der Waals surface area contributed by atoms with Gasteiger partial charge in [-0.2, -0.15) is 0 Å². The molecule has 0 aliphatic rings. The maximum Gasteiger partial charge on any atom is 0.262 e. The van der Waals surface area contributed by atoms with E-state index in [1.807, 2.05) is 0 Å². The van der Waals surface area contributed by atoms with Gasteiger partial charge in [0.2, 0.25) is 5.96 Å². The SMILES string of the molecule is COc1cccc(OC)c1NC(=NS(=O)(=O)C(C)C(OC)c1ncc(Cl)cn1)NN. The Balaban J connectivity index is 2.37. The second-order valence-electron chi connectivity index (χ2n) is 5.88. The van der Waals surface area contributed by atoms with Crippen LogP contribution in [0.4, 0.5) is 5.69 Å². The van der Waals surface area contributed by atoms with Crippen molar-refractivity contribution >= 4 is 33.3 Å². The fourth-order valence-electron chi connectivity index (χ4n) is 2.52. The van der Waals surface area contributed by atoms with Gasteiger partial charge in [0.1, 0.15) is 28.5 Å². The highest BCUT2D eigenvalue weighted by molar-refractivity contribution is 7.90. The number of para-hydroxylation sites is 1. The number of sulfonamides is 1. The summed E-state index contributed by atoms with van der Waals surface area (Å²) in [6.45, 7) is 1.42. The van der Waals surface area contributed by atoms with Gasteiger partial charge in [0, 0.05) is 19.5 Å². The average Bonchev–Trinajstić information content (AvgIpc) is 2.74. The molecule has 0 aliphatic heterocycles. The van der Waals surface area contributed by atoms with Crippen LogP contribution in [0.2, 0.25) is 5.02 Å². The Morgan fingerprint density at radius 2 is 1.73 bits per heavy atom. The largest absolute Gasteiger partial charge is 0.494 e. The van der Waals surface area contributed by atoms with E-state index in [0.717, 1.165) is 0 Å². The van der Waals surface area contributed by atoms with Gasteiger partial charge in [0.25, 0.3) is 10.0 Å². The monoisotopic (exact) mass is 458 g/mol. The summed E-state index contributed by atoms with van der Waals surface area (Å²) in [6.07, 6.45) is 1.71. The zero-order valence-corrected chi connectivity index (χ0v) is 18.4. The van der Waals surface area contributed by atoms with Crippen molar-refractivity contribution in [3.63, 3.8) is 0 Å². The zero-order valence-electron chi connectivity index (χ0n) is 16.8. The quantitative estimate of drug-likeness (QED) is 0.229. The van der Waals surface area contributed by atoms with Crippen molar-refractivity contribution < 1.29 is 22.6 Å². The summed E-state index contributed by atoms with van der Waals surface area (Å²) in [4.78, 5) is 8.05. The number of aromatic nitrogens is 2. The first-order valence-corrected chi connectivity index (χ1v) is 10.4. The Labute approximate surface area is 179 Å². The number of ether oxygens (including phenoxy) is 3. The Hall–Kier alpha value is -2.67. The van der Waals surface area contributed by atoms with Gasteiger partial charge in [-0.05, 0) is 19.1 Å². The molecule has 0 aliphatic carbocycles. The number of nitrogens with one attached hydrogen (secondary N) is 2. The zero-order chi connectivity index (χ0) is 22.3. The molecular weight excluding hydrogens is 436 g/mol. The summed E-state index contributed by atoms with van der Waals surface area (Å²) in [5.41, 5.74) is 2.57. The molecule has 2 rings (SSSR count). The standard InChI is InChI=1S/C17H23ClN6O5S/c1-10(15(29-4)16-20-8-11(18)9-21-16)30(25,26)24-17(23-19)22-14-12(27-2)6-5-7-13(14)28-3/h5-10,15H,19H2,1-4H3,(H2,22,23,24). The summed E-state index contributed by atoms with van der Waals surface area (Å²) in [7, 11) is 0.127. The summed E-state index contributed by atoms with van der Waals surface area (Å²) in [5, 5.41) is 1.94. The van der Waals surface area contributed by atoms with E-state index < -0.39 is 21.4 Å². The lowest BCUT2D eigenvalue weighted by Crippen LogP contribution is -2.38. The number of anilines is 1. The van der Waals surface area contributed by atoms with E-state index in [-0.39, 0.29) is 11.8 Å². The highest BCUT2D eigenvalue weighted by atomic mass is 35.5. The van der Waals surface area contributed by atoms with E-state index in [9.17, 15) is 8.42 Å². The highest BCUT2D eigenvalue weighted by Gasteiger charge is 2.33. The molecule has 13 heteroatoms. The third kappa shape index (κ3) is 5.48. The van der Waals surface area contributed by atoms with Crippen LogP contribution in [0.3, 0.4) is 0 Å². The van der Waals surface area contributed by atoms with Gasteiger partial charge >= 0.3 is 0 Å². The van der Waals surface area contributed by atoms with Gasteiger partial charge in [-0.25, -0.2) is 24.2 Å². The average molecular weight is 459 g/mol. The molecule has 2 unspecified atom stereocenters. The van der Waals surface area contributed by atoms with Crippen molar-refractivity contribution in [2.24, 2.45) is 10.2 Å². The summed E-state index contributed by atoms with van der Waals surface area (Å²) >= 11 is 5.79. The molecule has 0 saturated carbocycles. The fraction of sp³-hybridized carbons (Fsp3) is 0.353. The van der Waals surface area contributed by atoms with E-state index in [2.05, 4.69) is 25.1 Å². The van der Waals surface area contributed by atoms with Crippen LogP contribution in [0.1, 0.15) is 18.9 Å². The lowest BCUT2D eigenvalue weighted by molar-refractivity contribution is 0.0949. The number of hydrazine groups is 1. The molecule has 4 N–H and O–H groups in total. The molecule has 0 spiro atoms. The van der Waals surface area contributed by atoms with Crippen LogP contribution < -0.4 is 26.1 Å². The lowest BCUT2D eigenvalue weighted by Gasteiger charge is -2.20. The molecule has 30 heavy (non-hydrogen) atoms. The van der Waals surface area contributed by atoms with Gasteiger partial charge in [-0.15, -0.1) is 4.40 Å². The maximum atomic E-state index is 12.9. The van der Waals surface area contributed by atoms with E-state index in [4.69, 9.17) is 31.7 Å². The van der Waals surface area contributed by atoms with E-state index in [1.54, 1.807) is 18.2 Å². The van der Waals surface area contributed by atoms with Crippen LogP contribution >= 0.6 is 11.6 Å². The second kappa shape index (κ2) is 10.4. The number of nitrogens with two attached hydrogens (primary N) is 1. The van der Waals surface area contributed by atoms with Crippen molar-refractivity contribution in [2.75, 3.05) is 26.6 Å². The number of guanidine groups is 1. The number of methoxy groups -OCH3 is 3. The molecular formula is C17H23ClN6O5S. The minimum Gasteiger partial charge on any atom is -0.494 e. The Bertz CT molecular complexity index is 964. The Morgan fingerprint density at radius 1 is 1.17 bits per heavy atom. The molecule has 2 atom stereocenters. The van der Waals surface area contributed by atoms with Crippen LogP contribution in [0.5, 0.6) is 11.5 Å². The molecule has 1 heterocycles. The number of benzene rings is 1. The third-order valence-electron chi connectivity index (χ3n) is 4.07. The van der Waals surface area contributed by atoms with Crippen LogP contribution in [0, 0.1) is 0 Å². The Morgan fingerprint density at radius 3 is 2.20 bits per heavy atom. The molecule has 11 nitrogen and oxygen atoms in total. The van der Waals surface area contributed by atoms with Gasteiger partial charge in [0.15, 0.2) is 5.82 Å². The molecule has 0 saturated heterocycles. The van der Waals surface area contributed by atoms with Crippen LogP contribution in [0.15, 0.2) is 35.0 Å². The second-order valence-corrected chi connectivity index (χ2v) is 8.28. The molecule has 0 fully saturated rings. The van der Waals surface area contributed by atoms with Crippen molar-refractivity contribution in [1.29, 1.82) is 0 Å². The number of hydrogen-bond donors (Lipinski definition) is 3. The molecule has 0 amide bonds. The normalized spacial score (nSPS) is 14.0. The minimum absolute atomic E-state index is 0.148. The van der Waals surface area contributed by atoms with E-state index in [1.165, 1.54) is 40.6 Å². The predicted octanol–water partition coefficient (Wildman–Crippen LogP) is 1.48. The number of halogens is 1. The number of rotatable bonds is 8. The van der Waals surface area contributed by atoms with Crippen LogP contribution in [-0.2, 0) is 14.8 Å². The topological polar surface area (TPSA) is 150 Å². The fourth-order valence-corrected chi connectivity index (χ4v) is 3.68. The Kier molecular flexibility index (Phi) is 8.17. The maximum absolute atomic E-state index is 12.9. The lowest BCUT2D eigenvalue weighted by atomic mass is 10.2. The smallest absolute Gasteiger partial charge is 0.262 e. The van der Waals surface area contributed by atoms with Crippen molar-refractivity contribution in [3.8, 4) is 11.5 Å². The van der Waals surface area contributed by atoms with Gasteiger partial charge in [-0.1, -0.05) is 17.7 Å². The van der Waals surface area contributed by atoms with Crippen molar-refractivity contribution in [3.05, 3.63) is 41.4 Å². The highest BCUT2D eigenvalue weighted by Crippen LogP contribution is 2.34. The molecule has 2 aromatic rings. The summed E-state index contributed by atoms with van der Waals surface area (Å²) in [5.74, 6) is 6.17. The number of nitrogens with zero attached hydrogens (tertiary/aromatic N) is 3. The summed E-state index contributed by atoms with van der Waals surface area (Å²) in [6, 6.07) is 5.04. The summed E-state index contributed by atoms with van der Waals surface area (Å²) < 4.78 is 45.4. The molecule has 0 radical (unpaired) electrons. The van der Waals surface area contributed by atoms with E-state index in [0.29, 0.717) is 22.2 Å². The first-order chi connectivity index (χ1) is 14.3. The first-order valence-electron chi connectivity index (χ1n) is 8.56.